The molecule has 102 valence electrons. The largest absolute Gasteiger partial charge is 0.250 e. The highest BCUT2D eigenvalue weighted by Crippen LogP contribution is 2.36. The molecule has 20 heavy (non-hydrogen) atoms. The first-order chi connectivity index (χ1) is 9.65. The van der Waals surface area contributed by atoms with Gasteiger partial charge in [0.15, 0.2) is 5.65 Å². The van der Waals surface area contributed by atoms with Crippen molar-refractivity contribution in [3.05, 3.63) is 48.2 Å². The molecule has 1 atom stereocenters. The number of hydrogen-bond acceptors (Lipinski definition) is 4. The van der Waals surface area contributed by atoms with Crippen LogP contribution in [0.3, 0.4) is 0 Å². The Balaban J connectivity index is 1.91. The average molecular weight is 288 g/mol. The van der Waals surface area contributed by atoms with E-state index < -0.39 is 0 Å². The summed E-state index contributed by atoms with van der Waals surface area (Å²) in [7, 11) is 1.85. The van der Waals surface area contributed by atoms with Crippen LogP contribution in [-0.2, 0) is 7.05 Å². The SMILES string of the molecule is C[C@H](Sc1ncnc2c1cnn2C)c1ccc(F)cc1. The molecule has 0 N–H and O–H groups in total. The Hall–Kier alpha value is -1.95. The van der Waals surface area contributed by atoms with Crippen LogP contribution in [0.25, 0.3) is 11.0 Å². The summed E-state index contributed by atoms with van der Waals surface area (Å²) < 4.78 is 14.7. The quantitative estimate of drug-likeness (QED) is 0.547. The number of nitrogens with zero attached hydrogens (tertiary/aromatic N) is 4. The van der Waals surface area contributed by atoms with E-state index in [0.717, 1.165) is 21.6 Å². The highest BCUT2D eigenvalue weighted by atomic mass is 32.2. The predicted octanol–water partition coefficient (Wildman–Crippen LogP) is 3.36. The summed E-state index contributed by atoms with van der Waals surface area (Å²) in [4.78, 5) is 8.55. The van der Waals surface area contributed by atoms with Crippen molar-refractivity contribution in [2.75, 3.05) is 0 Å². The summed E-state index contributed by atoms with van der Waals surface area (Å²) >= 11 is 1.62. The van der Waals surface area contributed by atoms with E-state index in [9.17, 15) is 4.39 Å². The minimum atomic E-state index is -0.220. The fourth-order valence-corrected chi connectivity index (χ4v) is 3.01. The average Bonchev–Trinajstić information content (AvgIpc) is 2.82. The predicted molar refractivity (Wildman–Crippen MR) is 77.0 cm³/mol. The van der Waals surface area contributed by atoms with Crippen molar-refractivity contribution in [2.45, 2.75) is 17.2 Å². The second-order valence-electron chi connectivity index (χ2n) is 4.50. The van der Waals surface area contributed by atoms with Crippen LogP contribution in [0.15, 0.2) is 41.8 Å². The number of hydrogen-bond donors (Lipinski definition) is 0. The Kier molecular flexibility index (Phi) is 3.40. The molecule has 0 amide bonds. The van der Waals surface area contributed by atoms with Gasteiger partial charge in [0.2, 0.25) is 0 Å². The monoisotopic (exact) mass is 288 g/mol. The van der Waals surface area contributed by atoms with Crippen LogP contribution in [0.4, 0.5) is 4.39 Å². The molecule has 0 aliphatic rings. The molecule has 3 rings (SSSR count). The summed E-state index contributed by atoms with van der Waals surface area (Å²) in [6.07, 6.45) is 3.32. The Bertz CT molecular complexity index is 739. The first-order valence-corrected chi connectivity index (χ1v) is 7.08. The molecule has 3 aromatic rings. The van der Waals surface area contributed by atoms with Gasteiger partial charge in [-0.25, -0.2) is 14.4 Å². The third-order valence-corrected chi connectivity index (χ3v) is 4.30. The molecular formula is C14H13FN4S. The van der Waals surface area contributed by atoms with Crippen LogP contribution in [0.1, 0.15) is 17.7 Å². The van der Waals surface area contributed by atoms with Crippen LogP contribution >= 0.6 is 11.8 Å². The fourth-order valence-electron chi connectivity index (χ4n) is 2.00. The smallest absolute Gasteiger partial charge is 0.162 e. The highest BCUT2D eigenvalue weighted by Gasteiger charge is 2.13. The molecule has 0 saturated heterocycles. The lowest BCUT2D eigenvalue weighted by Gasteiger charge is -2.11. The summed E-state index contributed by atoms with van der Waals surface area (Å²) in [5, 5.41) is 6.20. The third-order valence-electron chi connectivity index (χ3n) is 3.12. The molecule has 0 radical (unpaired) electrons. The second-order valence-corrected chi connectivity index (χ2v) is 5.83. The van der Waals surface area contributed by atoms with Gasteiger partial charge < -0.3 is 0 Å². The lowest BCUT2D eigenvalue weighted by Crippen LogP contribution is -1.94. The standard InChI is InChI=1S/C14H13FN4S/c1-9(10-3-5-11(15)6-4-10)20-14-12-7-18-19(2)13(12)16-8-17-14/h3-9H,1-2H3/t9-/m0/s1. The zero-order valence-electron chi connectivity index (χ0n) is 11.1. The minimum absolute atomic E-state index is 0.175. The Morgan fingerprint density at radius 3 is 2.70 bits per heavy atom. The maximum atomic E-state index is 12.9. The molecule has 2 aromatic heterocycles. The van der Waals surface area contributed by atoms with E-state index in [4.69, 9.17) is 0 Å². The van der Waals surface area contributed by atoms with Gasteiger partial charge in [-0.2, -0.15) is 5.10 Å². The van der Waals surface area contributed by atoms with E-state index in [1.165, 1.54) is 12.1 Å². The molecule has 1 aromatic carbocycles. The number of benzene rings is 1. The van der Waals surface area contributed by atoms with E-state index in [1.807, 2.05) is 7.05 Å². The van der Waals surface area contributed by atoms with Crippen LogP contribution in [-0.4, -0.2) is 19.7 Å². The van der Waals surface area contributed by atoms with Gasteiger partial charge in [-0.1, -0.05) is 23.9 Å². The van der Waals surface area contributed by atoms with E-state index >= 15 is 0 Å². The number of fused-ring (bicyclic) bond motifs is 1. The molecule has 6 heteroatoms. The van der Waals surface area contributed by atoms with Gasteiger partial charge in [0.1, 0.15) is 17.2 Å². The van der Waals surface area contributed by atoms with Gasteiger partial charge in [-0.3, -0.25) is 4.68 Å². The number of thioether (sulfide) groups is 1. The molecule has 0 spiro atoms. The Morgan fingerprint density at radius 1 is 1.20 bits per heavy atom. The molecule has 0 bridgehead atoms. The zero-order chi connectivity index (χ0) is 14.1. The fraction of sp³-hybridized carbons (Fsp3) is 0.214. The molecule has 0 aliphatic carbocycles. The lowest BCUT2D eigenvalue weighted by molar-refractivity contribution is 0.627. The summed E-state index contributed by atoms with van der Waals surface area (Å²) in [6.45, 7) is 2.07. The van der Waals surface area contributed by atoms with Crippen molar-refractivity contribution in [1.29, 1.82) is 0 Å². The molecule has 0 saturated carbocycles. The minimum Gasteiger partial charge on any atom is -0.250 e. The van der Waals surface area contributed by atoms with Crippen LogP contribution in [0.5, 0.6) is 0 Å². The van der Waals surface area contributed by atoms with E-state index in [0.29, 0.717) is 0 Å². The first-order valence-electron chi connectivity index (χ1n) is 6.20. The molecule has 0 fully saturated rings. The van der Waals surface area contributed by atoms with Crippen molar-refractivity contribution in [1.82, 2.24) is 19.7 Å². The Labute approximate surface area is 120 Å². The van der Waals surface area contributed by atoms with Crippen LogP contribution in [0, 0.1) is 5.82 Å². The summed E-state index contributed by atoms with van der Waals surface area (Å²) in [5.74, 6) is -0.220. The summed E-state index contributed by atoms with van der Waals surface area (Å²) in [6, 6.07) is 6.56. The molecule has 2 heterocycles. The maximum Gasteiger partial charge on any atom is 0.162 e. The number of halogens is 1. The van der Waals surface area contributed by atoms with Crippen molar-refractivity contribution in [3.8, 4) is 0 Å². The van der Waals surface area contributed by atoms with Crippen molar-refractivity contribution in [2.24, 2.45) is 7.05 Å². The first kappa shape index (κ1) is 13.1. The van der Waals surface area contributed by atoms with Crippen molar-refractivity contribution < 1.29 is 4.39 Å². The van der Waals surface area contributed by atoms with Crippen LogP contribution in [0.2, 0.25) is 0 Å². The van der Waals surface area contributed by atoms with Crippen molar-refractivity contribution in [3.63, 3.8) is 0 Å². The van der Waals surface area contributed by atoms with Gasteiger partial charge in [-0.15, -0.1) is 0 Å². The summed E-state index contributed by atoms with van der Waals surface area (Å²) in [5.41, 5.74) is 1.88. The van der Waals surface area contributed by atoms with Crippen LogP contribution < -0.4 is 0 Å². The highest BCUT2D eigenvalue weighted by molar-refractivity contribution is 7.99. The lowest BCUT2D eigenvalue weighted by atomic mass is 10.2. The van der Waals surface area contributed by atoms with E-state index in [2.05, 4.69) is 22.0 Å². The van der Waals surface area contributed by atoms with E-state index in [-0.39, 0.29) is 11.1 Å². The Morgan fingerprint density at radius 2 is 1.95 bits per heavy atom. The maximum absolute atomic E-state index is 12.9. The molecule has 0 aliphatic heterocycles. The van der Waals surface area contributed by atoms with Gasteiger partial charge in [-0.05, 0) is 24.6 Å². The number of rotatable bonds is 3. The van der Waals surface area contributed by atoms with Gasteiger partial charge in [0.25, 0.3) is 0 Å². The number of aryl methyl sites for hydroxylation is 1. The van der Waals surface area contributed by atoms with Gasteiger partial charge >= 0.3 is 0 Å². The third kappa shape index (κ3) is 2.38. The van der Waals surface area contributed by atoms with Crippen molar-refractivity contribution >= 4 is 22.8 Å². The second kappa shape index (κ2) is 5.20. The normalized spacial score (nSPS) is 12.8. The molecule has 4 nitrogen and oxygen atoms in total. The molecular weight excluding hydrogens is 275 g/mol. The zero-order valence-corrected chi connectivity index (χ0v) is 11.9. The van der Waals surface area contributed by atoms with Gasteiger partial charge in [0, 0.05) is 12.3 Å². The molecule has 0 unspecified atom stereocenters. The number of aromatic nitrogens is 4. The van der Waals surface area contributed by atoms with E-state index in [1.54, 1.807) is 41.1 Å². The topological polar surface area (TPSA) is 43.6 Å². The van der Waals surface area contributed by atoms with Gasteiger partial charge in [0.05, 0.1) is 11.6 Å².